The fraction of sp³-hybridized carbons (Fsp3) is 0.688. The molecule has 0 bridgehead atoms. The van der Waals surface area contributed by atoms with Crippen LogP contribution in [-0.2, 0) is 15.3 Å². The quantitative estimate of drug-likeness (QED) is 0.694. The molecule has 1 aliphatic carbocycles. The summed E-state index contributed by atoms with van der Waals surface area (Å²) in [5.74, 6) is 1.14. The second-order valence-electron chi connectivity index (χ2n) is 6.14. The van der Waals surface area contributed by atoms with Crippen LogP contribution in [0.1, 0.15) is 36.8 Å². The molecule has 1 fully saturated rings. The van der Waals surface area contributed by atoms with Gasteiger partial charge in [-0.1, -0.05) is 12.1 Å². The molecule has 24 heavy (non-hydrogen) atoms. The van der Waals surface area contributed by atoms with Crippen molar-refractivity contribution in [1.82, 2.24) is 15.4 Å². The Morgan fingerprint density at radius 3 is 2.67 bits per heavy atom. The first-order chi connectivity index (χ1) is 11.4. The monoisotopic (exact) mass is 355 g/mol. The topological polar surface area (TPSA) is 95.7 Å². The number of aromatic nitrogens is 1. The van der Waals surface area contributed by atoms with Crippen molar-refractivity contribution >= 4 is 23.6 Å². The van der Waals surface area contributed by atoms with E-state index in [9.17, 15) is 9.59 Å². The van der Waals surface area contributed by atoms with Crippen molar-refractivity contribution in [2.75, 3.05) is 18.8 Å². The number of rotatable bonds is 9. The molecule has 0 atom stereocenters. The van der Waals surface area contributed by atoms with Crippen molar-refractivity contribution in [3.05, 3.63) is 17.0 Å². The first kappa shape index (κ1) is 18.8. The minimum atomic E-state index is -0.806. The molecule has 8 heteroatoms. The van der Waals surface area contributed by atoms with Crippen LogP contribution in [0.5, 0.6) is 0 Å². The van der Waals surface area contributed by atoms with Crippen molar-refractivity contribution in [2.45, 2.75) is 51.4 Å². The summed E-state index contributed by atoms with van der Waals surface area (Å²) in [4.78, 5) is 24.7. The summed E-state index contributed by atoms with van der Waals surface area (Å²) in [5.41, 5.74) is 1.93. The lowest BCUT2D eigenvalue weighted by Crippen LogP contribution is -2.55. The summed E-state index contributed by atoms with van der Waals surface area (Å²) in [5, 5.41) is 15.8. The number of amides is 1. The van der Waals surface area contributed by atoms with Crippen LogP contribution in [-0.4, -0.2) is 58.0 Å². The molecule has 1 aromatic heterocycles. The summed E-state index contributed by atoms with van der Waals surface area (Å²) >= 11 is 1.54. The van der Waals surface area contributed by atoms with Crippen LogP contribution >= 0.6 is 11.8 Å². The van der Waals surface area contributed by atoms with Gasteiger partial charge in [0.2, 0.25) is 5.91 Å². The summed E-state index contributed by atoms with van der Waals surface area (Å²) in [6.45, 7) is 6.51. The van der Waals surface area contributed by atoms with Crippen molar-refractivity contribution in [1.29, 1.82) is 0 Å². The average molecular weight is 355 g/mol. The van der Waals surface area contributed by atoms with E-state index >= 15 is 0 Å². The Balaban J connectivity index is 1.65. The number of likely N-dealkylation sites (N-methyl/N-ethyl adjacent to an activating group) is 1. The van der Waals surface area contributed by atoms with E-state index in [1.54, 1.807) is 11.8 Å². The highest BCUT2D eigenvalue weighted by Gasteiger charge is 2.34. The van der Waals surface area contributed by atoms with Gasteiger partial charge in [-0.2, -0.15) is 0 Å². The lowest BCUT2D eigenvalue weighted by atomic mass is 9.85. The van der Waals surface area contributed by atoms with E-state index in [1.165, 1.54) is 0 Å². The van der Waals surface area contributed by atoms with Gasteiger partial charge >= 0.3 is 5.97 Å². The zero-order valence-corrected chi connectivity index (χ0v) is 15.2. The van der Waals surface area contributed by atoms with E-state index in [0.717, 1.165) is 29.9 Å². The Hall–Kier alpha value is -1.54. The fourth-order valence-corrected chi connectivity index (χ4v) is 3.89. The Labute approximate surface area is 146 Å². The van der Waals surface area contributed by atoms with Crippen LogP contribution < -0.4 is 5.32 Å². The van der Waals surface area contributed by atoms with Gasteiger partial charge in [0, 0.05) is 23.4 Å². The van der Waals surface area contributed by atoms with Gasteiger partial charge in [-0.15, -0.1) is 11.8 Å². The number of thioether (sulfide) groups is 1. The molecule has 1 heterocycles. The van der Waals surface area contributed by atoms with Crippen LogP contribution in [0.2, 0.25) is 0 Å². The molecule has 0 aromatic carbocycles. The van der Waals surface area contributed by atoms with Gasteiger partial charge in [0.1, 0.15) is 5.76 Å². The molecule has 0 saturated heterocycles. The molecule has 0 unspecified atom stereocenters. The number of aryl methyl sites for hydroxylation is 2. The maximum atomic E-state index is 12.0. The van der Waals surface area contributed by atoms with E-state index in [-0.39, 0.29) is 24.5 Å². The second-order valence-corrected chi connectivity index (χ2v) is 7.13. The van der Waals surface area contributed by atoms with Crippen LogP contribution in [0.15, 0.2) is 4.52 Å². The summed E-state index contributed by atoms with van der Waals surface area (Å²) in [6, 6.07) is 0.413. The van der Waals surface area contributed by atoms with E-state index in [4.69, 9.17) is 9.63 Å². The van der Waals surface area contributed by atoms with Crippen molar-refractivity contribution < 1.29 is 19.2 Å². The minimum Gasteiger partial charge on any atom is -0.480 e. The third-order valence-electron chi connectivity index (χ3n) is 4.40. The number of hydrogen-bond donors (Lipinski definition) is 2. The molecule has 2 N–H and O–H groups in total. The van der Waals surface area contributed by atoms with E-state index in [2.05, 4.69) is 10.5 Å². The average Bonchev–Trinajstić information content (AvgIpc) is 2.80. The van der Waals surface area contributed by atoms with E-state index in [1.807, 2.05) is 25.7 Å². The number of aliphatic carboxylic acids is 1. The highest BCUT2D eigenvalue weighted by molar-refractivity contribution is 7.99. The molecule has 134 valence electrons. The number of carboxylic acid groups (broad SMARTS) is 1. The van der Waals surface area contributed by atoms with Crippen LogP contribution in [0, 0.1) is 13.8 Å². The Bertz CT molecular complexity index is 564. The molecule has 2 rings (SSSR count). The number of nitrogens with one attached hydrogen (secondary N) is 1. The summed E-state index contributed by atoms with van der Waals surface area (Å²) in [7, 11) is 0. The van der Waals surface area contributed by atoms with Gasteiger partial charge in [-0.25, -0.2) is 0 Å². The maximum Gasteiger partial charge on any atom is 0.317 e. The zero-order valence-electron chi connectivity index (χ0n) is 14.4. The standard InChI is InChI=1S/C16H25N3O4S/c1-4-19(7-16(21)22)13-5-12(6-13)17-15(20)9-24-8-14-10(2)18-23-11(14)3/h12-13H,4-9H2,1-3H3,(H,17,20)(H,21,22). The van der Waals surface area contributed by atoms with Crippen molar-refractivity contribution in [3.63, 3.8) is 0 Å². The highest BCUT2D eigenvalue weighted by atomic mass is 32.2. The number of carboxylic acids is 1. The third-order valence-corrected chi connectivity index (χ3v) is 5.36. The first-order valence-corrected chi connectivity index (χ1v) is 9.30. The van der Waals surface area contributed by atoms with Gasteiger partial charge in [0.05, 0.1) is 18.0 Å². The SMILES string of the molecule is CCN(CC(=O)O)C1CC(NC(=O)CSCc2c(C)noc2C)C1. The number of carbonyl (C=O) groups is 2. The predicted molar refractivity (Wildman–Crippen MR) is 92.0 cm³/mol. The fourth-order valence-electron chi connectivity index (χ4n) is 2.90. The molecular weight excluding hydrogens is 330 g/mol. The molecule has 0 radical (unpaired) electrons. The Morgan fingerprint density at radius 2 is 2.12 bits per heavy atom. The lowest BCUT2D eigenvalue weighted by Gasteiger charge is -2.42. The summed E-state index contributed by atoms with van der Waals surface area (Å²) in [6.07, 6.45) is 1.64. The normalized spacial score (nSPS) is 20.0. The van der Waals surface area contributed by atoms with Crippen molar-refractivity contribution in [2.24, 2.45) is 0 Å². The Morgan fingerprint density at radius 1 is 1.42 bits per heavy atom. The van der Waals surface area contributed by atoms with Gasteiger partial charge in [0.15, 0.2) is 0 Å². The van der Waals surface area contributed by atoms with Gasteiger partial charge < -0.3 is 14.9 Å². The molecule has 0 spiro atoms. The predicted octanol–water partition coefficient (Wildman–Crippen LogP) is 1.58. The van der Waals surface area contributed by atoms with E-state index < -0.39 is 5.97 Å². The smallest absolute Gasteiger partial charge is 0.317 e. The molecular formula is C16H25N3O4S. The molecule has 1 aromatic rings. The molecule has 7 nitrogen and oxygen atoms in total. The number of hydrogen-bond acceptors (Lipinski definition) is 6. The van der Waals surface area contributed by atoms with Crippen LogP contribution in [0.25, 0.3) is 0 Å². The van der Waals surface area contributed by atoms with Crippen LogP contribution in [0.4, 0.5) is 0 Å². The Kier molecular flexibility index (Phi) is 6.68. The molecule has 1 amide bonds. The molecule has 1 aliphatic rings. The second kappa shape index (κ2) is 8.53. The number of nitrogens with zero attached hydrogens (tertiary/aromatic N) is 2. The molecule has 0 aliphatic heterocycles. The van der Waals surface area contributed by atoms with Crippen molar-refractivity contribution in [3.8, 4) is 0 Å². The lowest BCUT2D eigenvalue weighted by molar-refractivity contribution is -0.139. The molecule has 1 saturated carbocycles. The summed E-state index contributed by atoms with van der Waals surface area (Å²) < 4.78 is 5.11. The largest absolute Gasteiger partial charge is 0.480 e. The van der Waals surface area contributed by atoms with Crippen LogP contribution in [0.3, 0.4) is 0 Å². The third kappa shape index (κ3) is 4.98. The first-order valence-electron chi connectivity index (χ1n) is 8.15. The van der Waals surface area contributed by atoms with E-state index in [0.29, 0.717) is 18.1 Å². The number of carbonyl (C=O) groups excluding carboxylic acids is 1. The zero-order chi connectivity index (χ0) is 17.7. The maximum absolute atomic E-state index is 12.0. The van der Waals surface area contributed by atoms with Gasteiger partial charge in [-0.3, -0.25) is 14.5 Å². The van der Waals surface area contributed by atoms with Gasteiger partial charge in [0.25, 0.3) is 0 Å². The minimum absolute atomic E-state index is 0.0245. The van der Waals surface area contributed by atoms with Gasteiger partial charge in [-0.05, 0) is 33.2 Å². The highest BCUT2D eigenvalue weighted by Crippen LogP contribution is 2.26.